The molecule has 134 valence electrons. The zero-order valence-electron chi connectivity index (χ0n) is 15.3. The van der Waals surface area contributed by atoms with E-state index in [9.17, 15) is 5.11 Å². The van der Waals surface area contributed by atoms with Crippen LogP contribution >= 0.6 is 0 Å². The lowest BCUT2D eigenvalue weighted by molar-refractivity contribution is 0.103. The molecule has 2 aliphatic carbocycles. The van der Waals surface area contributed by atoms with E-state index in [0.29, 0.717) is 11.7 Å². The van der Waals surface area contributed by atoms with Gasteiger partial charge in [-0.25, -0.2) is 0 Å². The van der Waals surface area contributed by atoms with E-state index in [-0.39, 0.29) is 0 Å². The van der Waals surface area contributed by atoms with Gasteiger partial charge in [0.1, 0.15) is 0 Å². The molecule has 3 aliphatic rings. The Morgan fingerprint density at radius 2 is 1.92 bits per heavy atom. The number of hydrogen-bond donors (Lipinski definition) is 1. The lowest BCUT2D eigenvalue weighted by Gasteiger charge is -2.39. The van der Waals surface area contributed by atoms with Crippen LogP contribution in [-0.4, -0.2) is 29.6 Å². The fourth-order valence-electron chi connectivity index (χ4n) is 4.78. The topological polar surface area (TPSA) is 23.5 Å². The summed E-state index contributed by atoms with van der Waals surface area (Å²) in [5, 5.41) is 9.43. The van der Waals surface area contributed by atoms with Crippen molar-refractivity contribution < 1.29 is 5.11 Å². The molecular formula is C23H31NO. The maximum Gasteiger partial charge on any atom is 0.0907 e. The normalized spacial score (nSPS) is 22.2. The molecule has 4 rings (SSSR count). The Morgan fingerprint density at radius 1 is 1.12 bits per heavy atom. The fourth-order valence-corrected chi connectivity index (χ4v) is 4.78. The van der Waals surface area contributed by atoms with E-state index >= 15 is 0 Å². The minimum Gasteiger partial charge on any atom is -0.513 e. The smallest absolute Gasteiger partial charge is 0.0907 e. The molecule has 1 N–H and O–H groups in total. The van der Waals surface area contributed by atoms with Crippen LogP contribution in [0, 0.1) is 11.8 Å². The van der Waals surface area contributed by atoms with Crippen molar-refractivity contribution in [3.8, 4) is 0 Å². The number of aryl methyl sites for hydroxylation is 1. The summed E-state index contributed by atoms with van der Waals surface area (Å²) in [5.41, 5.74) is 6.06. The van der Waals surface area contributed by atoms with Crippen molar-refractivity contribution in [2.45, 2.75) is 51.4 Å². The maximum absolute atomic E-state index is 9.43. The van der Waals surface area contributed by atoms with Crippen molar-refractivity contribution in [3.05, 3.63) is 52.8 Å². The van der Waals surface area contributed by atoms with Gasteiger partial charge in [0.2, 0.25) is 0 Å². The molecule has 1 heterocycles. The summed E-state index contributed by atoms with van der Waals surface area (Å²) in [5.74, 6) is 1.56. The van der Waals surface area contributed by atoms with Gasteiger partial charge < -0.3 is 5.11 Å². The predicted octanol–water partition coefficient (Wildman–Crippen LogP) is 5.14. The Bertz CT molecular complexity index is 663. The molecule has 0 spiro atoms. The van der Waals surface area contributed by atoms with Gasteiger partial charge in [-0.3, -0.25) is 4.90 Å². The summed E-state index contributed by atoms with van der Waals surface area (Å²) in [6.07, 6.45) is 13.2. The van der Waals surface area contributed by atoms with Gasteiger partial charge in [0.15, 0.2) is 0 Å². The molecule has 1 aromatic carbocycles. The number of aliphatic hydroxyl groups is 1. The largest absolute Gasteiger partial charge is 0.513 e. The highest BCUT2D eigenvalue weighted by molar-refractivity contribution is 5.60. The second-order valence-electron chi connectivity index (χ2n) is 8.43. The SMILES string of the molecule is C=C(O)C1CN(CC2=Cc3ccc(CC4CCCCC4)cc3CC2)C1. The number of hydrogen-bond acceptors (Lipinski definition) is 2. The predicted molar refractivity (Wildman–Crippen MR) is 105 cm³/mol. The molecule has 0 unspecified atom stereocenters. The molecule has 0 atom stereocenters. The molecule has 1 saturated heterocycles. The van der Waals surface area contributed by atoms with Gasteiger partial charge in [-0.1, -0.05) is 68.5 Å². The molecule has 2 heteroatoms. The number of nitrogens with zero attached hydrogens (tertiary/aromatic N) is 1. The third-order valence-corrected chi connectivity index (χ3v) is 6.39. The number of aliphatic hydroxyl groups excluding tert-OH is 1. The number of fused-ring (bicyclic) bond motifs is 1. The minimum absolute atomic E-state index is 0.291. The van der Waals surface area contributed by atoms with Crippen LogP contribution < -0.4 is 0 Å². The van der Waals surface area contributed by atoms with Gasteiger partial charge in [-0.05, 0) is 41.9 Å². The molecule has 0 bridgehead atoms. The van der Waals surface area contributed by atoms with Gasteiger partial charge in [0.25, 0.3) is 0 Å². The van der Waals surface area contributed by atoms with Crippen molar-refractivity contribution in [2.24, 2.45) is 11.8 Å². The first-order valence-electron chi connectivity index (χ1n) is 10.1. The molecule has 1 aromatic rings. The van der Waals surface area contributed by atoms with Crippen molar-refractivity contribution in [2.75, 3.05) is 19.6 Å². The first kappa shape index (κ1) is 16.9. The number of benzene rings is 1. The van der Waals surface area contributed by atoms with Gasteiger partial charge in [0.05, 0.1) is 5.76 Å². The van der Waals surface area contributed by atoms with Crippen molar-refractivity contribution >= 4 is 6.08 Å². The van der Waals surface area contributed by atoms with Gasteiger partial charge in [0, 0.05) is 25.6 Å². The summed E-state index contributed by atoms with van der Waals surface area (Å²) in [6, 6.07) is 7.19. The second kappa shape index (κ2) is 7.37. The van der Waals surface area contributed by atoms with Gasteiger partial charge in [-0.15, -0.1) is 0 Å². The summed E-state index contributed by atoms with van der Waals surface area (Å²) in [7, 11) is 0. The van der Waals surface area contributed by atoms with Crippen LogP contribution in [-0.2, 0) is 12.8 Å². The van der Waals surface area contributed by atoms with E-state index in [0.717, 1.165) is 25.6 Å². The van der Waals surface area contributed by atoms with Gasteiger partial charge in [-0.2, -0.15) is 0 Å². The first-order valence-corrected chi connectivity index (χ1v) is 10.1. The lowest BCUT2D eigenvalue weighted by atomic mass is 9.83. The monoisotopic (exact) mass is 337 g/mol. The average Bonchev–Trinajstić information content (AvgIpc) is 2.58. The highest BCUT2D eigenvalue weighted by Crippen LogP contribution is 2.31. The Hall–Kier alpha value is -1.54. The third kappa shape index (κ3) is 4.00. The fraction of sp³-hybridized carbons (Fsp3) is 0.565. The zero-order valence-corrected chi connectivity index (χ0v) is 15.3. The van der Waals surface area contributed by atoms with Crippen molar-refractivity contribution in [1.29, 1.82) is 0 Å². The molecule has 0 aromatic heterocycles. The van der Waals surface area contributed by atoms with Crippen LogP contribution in [0.2, 0.25) is 0 Å². The summed E-state index contributed by atoms with van der Waals surface area (Å²) >= 11 is 0. The van der Waals surface area contributed by atoms with Crippen LogP contribution in [0.4, 0.5) is 0 Å². The number of rotatable bonds is 5. The lowest BCUT2D eigenvalue weighted by Crippen LogP contribution is -2.48. The zero-order chi connectivity index (χ0) is 17.2. The standard InChI is InChI=1S/C23H31NO/c1-17(25)23-15-24(16-23)14-20-8-10-21-12-19(7-9-22(21)13-20)11-18-5-3-2-4-6-18/h7,9,12-13,18,23,25H,1-6,8,10-11,14-16H2. The van der Waals surface area contributed by atoms with E-state index in [1.54, 1.807) is 11.1 Å². The van der Waals surface area contributed by atoms with E-state index in [4.69, 9.17) is 0 Å². The Labute approximate surface area is 152 Å². The first-order chi connectivity index (χ1) is 12.2. The maximum atomic E-state index is 9.43. The van der Waals surface area contributed by atoms with Crippen molar-refractivity contribution in [1.82, 2.24) is 4.90 Å². The van der Waals surface area contributed by atoms with E-state index in [1.807, 2.05) is 0 Å². The average molecular weight is 338 g/mol. The molecule has 1 aliphatic heterocycles. The van der Waals surface area contributed by atoms with Crippen LogP contribution in [0.3, 0.4) is 0 Å². The van der Waals surface area contributed by atoms with Gasteiger partial charge >= 0.3 is 0 Å². The summed E-state index contributed by atoms with van der Waals surface area (Å²) in [4.78, 5) is 2.42. The van der Waals surface area contributed by atoms with Crippen LogP contribution in [0.1, 0.15) is 55.2 Å². The van der Waals surface area contributed by atoms with E-state index < -0.39 is 0 Å². The minimum atomic E-state index is 0.291. The van der Waals surface area contributed by atoms with Crippen molar-refractivity contribution in [3.63, 3.8) is 0 Å². The second-order valence-corrected chi connectivity index (χ2v) is 8.43. The molecule has 1 saturated carbocycles. The van der Waals surface area contributed by atoms with Crippen LogP contribution in [0.25, 0.3) is 6.08 Å². The molecule has 0 radical (unpaired) electrons. The van der Waals surface area contributed by atoms with E-state index in [1.165, 1.54) is 62.5 Å². The Morgan fingerprint density at radius 3 is 2.68 bits per heavy atom. The molecule has 2 fully saturated rings. The van der Waals surface area contributed by atoms with E-state index in [2.05, 4.69) is 35.8 Å². The summed E-state index contributed by atoms with van der Waals surface area (Å²) in [6.45, 7) is 6.62. The molecular weight excluding hydrogens is 306 g/mol. The highest BCUT2D eigenvalue weighted by Gasteiger charge is 2.29. The highest BCUT2D eigenvalue weighted by atomic mass is 16.3. The Balaban J connectivity index is 1.36. The van der Waals surface area contributed by atoms with Crippen LogP contribution in [0.5, 0.6) is 0 Å². The third-order valence-electron chi connectivity index (χ3n) is 6.39. The molecule has 25 heavy (non-hydrogen) atoms. The van der Waals surface area contributed by atoms with Crippen LogP contribution in [0.15, 0.2) is 36.1 Å². The summed E-state index contributed by atoms with van der Waals surface area (Å²) < 4.78 is 0. The Kier molecular flexibility index (Phi) is 4.98. The number of likely N-dealkylation sites (tertiary alicyclic amines) is 1. The molecule has 2 nitrogen and oxygen atoms in total. The molecule has 0 amide bonds. The quantitative estimate of drug-likeness (QED) is 0.752.